The zero-order valence-electron chi connectivity index (χ0n) is 15.1. The molecule has 0 unspecified atom stereocenters. The molecule has 2 heterocycles. The van der Waals surface area contributed by atoms with Gasteiger partial charge in [-0.3, -0.25) is 9.78 Å². The van der Waals surface area contributed by atoms with Gasteiger partial charge < -0.3 is 20.8 Å². The molecule has 5 N–H and O–H groups in total. The number of nitrogens with zero attached hydrogens (tertiary/aromatic N) is 2. The van der Waals surface area contributed by atoms with E-state index in [0.29, 0.717) is 34.5 Å². The van der Waals surface area contributed by atoms with E-state index in [1.54, 1.807) is 24.3 Å². The molecular formula is C19H18N6O3. The van der Waals surface area contributed by atoms with Crippen LogP contribution < -0.4 is 16.6 Å². The van der Waals surface area contributed by atoms with E-state index in [2.05, 4.69) is 30.0 Å². The van der Waals surface area contributed by atoms with Crippen LogP contribution in [0.25, 0.3) is 21.9 Å². The van der Waals surface area contributed by atoms with Gasteiger partial charge in [0.05, 0.1) is 34.6 Å². The fourth-order valence-corrected chi connectivity index (χ4v) is 3.00. The number of fused-ring (bicyclic) bond motifs is 2. The highest BCUT2D eigenvalue weighted by atomic mass is 16.5. The summed E-state index contributed by atoms with van der Waals surface area (Å²) < 4.78 is 4.69. The number of ether oxygens (including phenoxy) is 1. The van der Waals surface area contributed by atoms with Gasteiger partial charge in [0.15, 0.2) is 0 Å². The molecule has 0 amide bonds. The van der Waals surface area contributed by atoms with E-state index in [1.165, 1.54) is 7.11 Å². The van der Waals surface area contributed by atoms with Crippen molar-refractivity contribution < 1.29 is 9.53 Å². The number of imidazole rings is 1. The third kappa shape index (κ3) is 3.37. The molecule has 0 saturated heterocycles. The molecule has 0 radical (unpaired) electrons. The summed E-state index contributed by atoms with van der Waals surface area (Å²) in [5.74, 6) is 0.319. The number of nitrogens with one attached hydrogen (secondary N) is 3. The number of carbonyl (C=O) groups excluding carboxylic acids is 1. The topological polar surface area (TPSA) is 139 Å². The van der Waals surface area contributed by atoms with Gasteiger partial charge in [-0.05, 0) is 36.2 Å². The van der Waals surface area contributed by atoms with E-state index < -0.39 is 0 Å². The van der Waals surface area contributed by atoms with Crippen molar-refractivity contribution in [2.24, 2.45) is 0 Å². The Morgan fingerprint density at radius 3 is 2.68 bits per heavy atom. The van der Waals surface area contributed by atoms with E-state index in [1.807, 2.05) is 12.1 Å². The average Bonchev–Trinajstić information content (AvgIpc) is 3.08. The molecule has 0 bridgehead atoms. The highest BCUT2D eigenvalue weighted by molar-refractivity contribution is 5.93. The quantitative estimate of drug-likeness (QED) is 0.388. The van der Waals surface area contributed by atoms with Gasteiger partial charge >= 0.3 is 5.97 Å². The van der Waals surface area contributed by atoms with Crippen LogP contribution in [-0.4, -0.2) is 39.6 Å². The molecular weight excluding hydrogens is 360 g/mol. The molecule has 28 heavy (non-hydrogen) atoms. The molecule has 0 aliphatic rings. The first-order chi connectivity index (χ1) is 13.5. The molecule has 0 spiro atoms. The standard InChI is InChI=1S/C19H18N6O3/c1-28-17(27)11-4-2-10(3-5-11)6-7-21-19-23-14-8-12-13(9-15(14)24-19)22-18(20)25-16(12)26/h2-5,8-9H,6-7H2,1H3,(H2,21,23,24)(H3,20,22,25,26). The fourth-order valence-electron chi connectivity index (χ4n) is 3.00. The highest BCUT2D eigenvalue weighted by Gasteiger charge is 2.09. The monoisotopic (exact) mass is 378 g/mol. The predicted octanol–water partition coefficient (Wildman–Crippen LogP) is 1.82. The lowest BCUT2D eigenvalue weighted by atomic mass is 10.1. The molecule has 4 aromatic rings. The fraction of sp³-hybridized carbons (Fsp3) is 0.158. The maximum atomic E-state index is 12.0. The van der Waals surface area contributed by atoms with Crippen LogP contribution in [0, 0.1) is 0 Å². The maximum Gasteiger partial charge on any atom is 0.337 e. The number of rotatable bonds is 5. The van der Waals surface area contributed by atoms with Gasteiger partial charge in [-0.2, -0.15) is 0 Å². The molecule has 142 valence electrons. The number of nitrogens with two attached hydrogens (primary N) is 1. The van der Waals surface area contributed by atoms with Crippen LogP contribution in [0.2, 0.25) is 0 Å². The van der Waals surface area contributed by atoms with Crippen LogP contribution in [0.15, 0.2) is 41.2 Å². The Balaban J connectivity index is 1.47. The summed E-state index contributed by atoms with van der Waals surface area (Å²) in [5, 5.41) is 3.67. The molecule has 9 heteroatoms. The van der Waals surface area contributed by atoms with Crippen molar-refractivity contribution in [1.29, 1.82) is 0 Å². The Morgan fingerprint density at radius 2 is 1.93 bits per heavy atom. The van der Waals surface area contributed by atoms with Gasteiger partial charge in [0.1, 0.15) is 0 Å². The van der Waals surface area contributed by atoms with E-state index in [4.69, 9.17) is 5.73 Å². The van der Waals surface area contributed by atoms with Crippen molar-refractivity contribution in [2.45, 2.75) is 6.42 Å². The summed E-state index contributed by atoms with van der Waals surface area (Å²) >= 11 is 0. The second kappa shape index (κ2) is 7.03. The molecule has 0 atom stereocenters. The van der Waals surface area contributed by atoms with Gasteiger partial charge in [-0.1, -0.05) is 12.1 Å². The summed E-state index contributed by atoms with van der Waals surface area (Å²) in [6.07, 6.45) is 0.748. The normalized spacial score (nSPS) is 11.0. The Bertz CT molecular complexity index is 1230. The lowest BCUT2D eigenvalue weighted by molar-refractivity contribution is 0.0600. The van der Waals surface area contributed by atoms with E-state index >= 15 is 0 Å². The first-order valence-electron chi connectivity index (χ1n) is 8.64. The van der Waals surface area contributed by atoms with Gasteiger partial charge in [0, 0.05) is 6.54 Å². The lowest BCUT2D eigenvalue weighted by Crippen LogP contribution is -2.10. The number of hydrogen-bond acceptors (Lipinski definition) is 7. The van der Waals surface area contributed by atoms with Crippen LogP contribution in [-0.2, 0) is 11.2 Å². The highest BCUT2D eigenvalue weighted by Crippen LogP contribution is 2.19. The zero-order chi connectivity index (χ0) is 19.7. The second-order valence-corrected chi connectivity index (χ2v) is 6.29. The zero-order valence-corrected chi connectivity index (χ0v) is 15.1. The minimum absolute atomic E-state index is 0.0731. The number of benzene rings is 2. The summed E-state index contributed by atoms with van der Waals surface area (Å²) in [6, 6.07) is 10.7. The van der Waals surface area contributed by atoms with Crippen LogP contribution in [0.5, 0.6) is 0 Å². The van der Waals surface area contributed by atoms with E-state index in [9.17, 15) is 9.59 Å². The van der Waals surface area contributed by atoms with Gasteiger partial charge in [-0.15, -0.1) is 0 Å². The minimum atomic E-state index is -0.352. The molecule has 4 rings (SSSR count). The molecule has 9 nitrogen and oxygen atoms in total. The largest absolute Gasteiger partial charge is 0.465 e. The van der Waals surface area contributed by atoms with Gasteiger partial charge in [0.2, 0.25) is 11.9 Å². The molecule has 0 fully saturated rings. The molecule has 2 aromatic carbocycles. The maximum absolute atomic E-state index is 12.0. The average molecular weight is 378 g/mol. The number of anilines is 2. The van der Waals surface area contributed by atoms with Gasteiger partial charge in [-0.25, -0.2) is 14.8 Å². The Labute approximate surface area is 159 Å². The van der Waals surface area contributed by atoms with Crippen molar-refractivity contribution in [1.82, 2.24) is 19.9 Å². The number of hydrogen-bond donors (Lipinski definition) is 4. The summed E-state index contributed by atoms with van der Waals surface area (Å²) in [4.78, 5) is 37.7. The Kier molecular flexibility index (Phi) is 4.40. The number of nitrogen functional groups attached to an aromatic ring is 1. The van der Waals surface area contributed by atoms with Crippen molar-refractivity contribution in [3.05, 3.63) is 57.9 Å². The smallest absolute Gasteiger partial charge is 0.337 e. The summed E-state index contributed by atoms with van der Waals surface area (Å²) in [5.41, 5.74) is 8.82. The van der Waals surface area contributed by atoms with Gasteiger partial charge in [0.25, 0.3) is 5.56 Å². The number of H-pyrrole nitrogens is 2. The third-order valence-electron chi connectivity index (χ3n) is 4.41. The SMILES string of the molecule is COC(=O)c1ccc(CCNc2nc3cc4nc(N)[nH]c(=O)c4cc3[nH]2)cc1. The van der Waals surface area contributed by atoms with Crippen LogP contribution >= 0.6 is 0 Å². The van der Waals surface area contributed by atoms with Crippen molar-refractivity contribution in [2.75, 3.05) is 24.7 Å². The Hall–Kier alpha value is -3.88. The first-order valence-corrected chi connectivity index (χ1v) is 8.64. The molecule has 2 aromatic heterocycles. The predicted molar refractivity (Wildman–Crippen MR) is 106 cm³/mol. The molecule has 0 aliphatic carbocycles. The van der Waals surface area contributed by atoms with Crippen LogP contribution in [0.1, 0.15) is 15.9 Å². The lowest BCUT2D eigenvalue weighted by Gasteiger charge is -2.04. The third-order valence-corrected chi connectivity index (χ3v) is 4.41. The second-order valence-electron chi connectivity index (χ2n) is 6.29. The summed E-state index contributed by atoms with van der Waals surface area (Å²) in [7, 11) is 1.36. The number of carbonyl (C=O) groups is 1. The molecule has 0 saturated carbocycles. The van der Waals surface area contributed by atoms with Crippen molar-refractivity contribution in [3.8, 4) is 0 Å². The van der Waals surface area contributed by atoms with E-state index in [-0.39, 0.29) is 17.5 Å². The van der Waals surface area contributed by atoms with Crippen molar-refractivity contribution >= 4 is 39.8 Å². The number of esters is 1. The summed E-state index contributed by atoms with van der Waals surface area (Å²) in [6.45, 7) is 0.642. The van der Waals surface area contributed by atoms with Crippen molar-refractivity contribution in [3.63, 3.8) is 0 Å². The minimum Gasteiger partial charge on any atom is -0.465 e. The number of methoxy groups -OCH3 is 1. The van der Waals surface area contributed by atoms with E-state index in [0.717, 1.165) is 17.5 Å². The number of aromatic nitrogens is 4. The molecule has 0 aliphatic heterocycles. The van der Waals surface area contributed by atoms with Crippen LogP contribution in [0.4, 0.5) is 11.9 Å². The first kappa shape index (κ1) is 17.5. The van der Waals surface area contributed by atoms with Crippen LogP contribution in [0.3, 0.4) is 0 Å². The Morgan fingerprint density at radius 1 is 1.14 bits per heavy atom. The number of aromatic amines is 2.